The van der Waals surface area contributed by atoms with Crippen molar-refractivity contribution in [2.24, 2.45) is 11.8 Å². The Morgan fingerprint density at radius 3 is 2.74 bits per heavy atom. The van der Waals surface area contributed by atoms with Gasteiger partial charge in [-0.15, -0.1) is 21.5 Å². The molecule has 10 nitrogen and oxygen atoms in total. The molecule has 0 radical (unpaired) electrons. The number of ether oxygens (including phenoxy) is 1. The van der Waals surface area contributed by atoms with Gasteiger partial charge in [-0.2, -0.15) is 0 Å². The number of pyridine rings is 3. The van der Waals surface area contributed by atoms with Crippen LogP contribution in [0.15, 0.2) is 41.1 Å². The quantitative estimate of drug-likeness (QED) is 0.185. The molecule has 1 amide bonds. The Balaban J connectivity index is 1.29. The zero-order chi connectivity index (χ0) is 31.4. The van der Waals surface area contributed by atoms with Gasteiger partial charge < -0.3 is 19.8 Å². The van der Waals surface area contributed by atoms with Crippen molar-refractivity contribution in [2.45, 2.75) is 71.4 Å². The lowest BCUT2D eigenvalue weighted by Gasteiger charge is -2.23. The lowest BCUT2D eigenvalue weighted by molar-refractivity contribution is 0.0639. The van der Waals surface area contributed by atoms with Crippen LogP contribution < -0.4 is 10.6 Å². The van der Waals surface area contributed by atoms with Gasteiger partial charge in [-0.25, -0.2) is 4.98 Å². The number of carbonyl (C=O) groups excluding carboxylic acids is 1. The molecular formula is C35H37N7O3S. The van der Waals surface area contributed by atoms with E-state index in [2.05, 4.69) is 51.8 Å². The van der Waals surface area contributed by atoms with Crippen molar-refractivity contribution in [3.05, 3.63) is 70.8 Å². The minimum atomic E-state index is -0.175. The predicted molar refractivity (Wildman–Crippen MR) is 177 cm³/mol. The van der Waals surface area contributed by atoms with Gasteiger partial charge in [0, 0.05) is 48.7 Å². The fourth-order valence-corrected chi connectivity index (χ4v) is 8.39. The van der Waals surface area contributed by atoms with Gasteiger partial charge >= 0.3 is 0 Å². The topological polar surface area (TPSA) is 128 Å². The maximum Gasteiger partial charge on any atom is 0.254 e. The van der Waals surface area contributed by atoms with E-state index < -0.39 is 0 Å². The zero-order valence-corrected chi connectivity index (χ0v) is 27.1. The highest BCUT2D eigenvalue weighted by Gasteiger charge is 2.39. The van der Waals surface area contributed by atoms with E-state index in [0.29, 0.717) is 23.3 Å². The first-order chi connectivity index (χ1) is 22.4. The first kappa shape index (κ1) is 29.2. The predicted octanol–water partition coefficient (Wildman–Crippen LogP) is 7.01. The number of fused-ring (bicyclic) bond motifs is 3. The van der Waals surface area contributed by atoms with E-state index in [4.69, 9.17) is 19.1 Å². The standard InChI is InChI=1S/C35H37N7O3S/c1-18(2)30-31-29(34(43)40-30)28(27(35-42-41-19(3)45-35)25(38-31)7-6-20-11-15-44-16-12-20)26-17-21-10-14-37-33(32(21)46-26)39-24-9-8-23-22(24)5-4-13-36-23/h4-5,10,13-14,17-18,20,24,30H,6-9,11-12,15-16H2,1-3H3,(H,37,39)(H,40,43)/t24-,30-/m0/s1. The number of thiophene rings is 1. The highest BCUT2D eigenvalue weighted by Crippen LogP contribution is 2.48. The number of carbonyl (C=O) groups is 1. The minimum Gasteiger partial charge on any atom is -0.421 e. The van der Waals surface area contributed by atoms with Crippen LogP contribution >= 0.6 is 11.3 Å². The Morgan fingerprint density at radius 2 is 1.93 bits per heavy atom. The Morgan fingerprint density at radius 1 is 1.07 bits per heavy atom. The summed E-state index contributed by atoms with van der Waals surface area (Å²) in [5.74, 6) is 2.32. The molecule has 8 rings (SSSR count). The lowest BCUT2D eigenvalue weighted by atomic mass is 9.89. The van der Waals surface area contributed by atoms with E-state index in [0.717, 1.165) is 101 Å². The average molecular weight is 636 g/mol. The van der Waals surface area contributed by atoms with Gasteiger partial charge in [-0.1, -0.05) is 19.9 Å². The van der Waals surface area contributed by atoms with Crippen LogP contribution in [0.25, 0.3) is 32.0 Å². The summed E-state index contributed by atoms with van der Waals surface area (Å²) < 4.78 is 12.8. The monoisotopic (exact) mass is 635 g/mol. The van der Waals surface area contributed by atoms with E-state index in [-0.39, 0.29) is 23.9 Å². The number of nitrogens with one attached hydrogen (secondary N) is 2. The summed E-state index contributed by atoms with van der Waals surface area (Å²) in [6.45, 7) is 7.63. The van der Waals surface area contributed by atoms with Crippen LogP contribution in [0.4, 0.5) is 5.82 Å². The van der Waals surface area contributed by atoms with E-state index in [1.165, 1.54) is 5.56 Å². The second kappa shape index (κ2) is 11.9. The van der Waals surface area contributed by atoms with Crippen molar-refractivity contribution in [1.29, 1.82) is 0 Å². The Hall–Kier alpha value is -4.22. The van der Waals surface area contributed by atoms with Gasteiger partial charge in [0.25, 0.3) is 5.91 Å². The normalized spacial score (nSPS) is 19.5. The first-order valence-electron chi connectivity index (χ1n) is 16.3. The Bertz CT molecular complexity index is 1940. The van der Waals surface area contributed by atoms with Gasteiger partial charge in [-0.3, -0.25) is 14.8 Å². The van der Waals surface area contributed by atoms with Crippen molar-refractivity contribution < 1.29 is 13.9 Å². The van der Waals surface area contributed by atoms with Crippen LogP contribution in [0, 0.1) is 18.8 Å². The molecule has 7 heterocycles. The molecule has 2 N–H and O–H groups in total. The molecule has 1 aliphatic carbocycles. The third kappa shape index (κ3) is 5.15. The first-order valence-corrected chi connectivity index (χ1v) is 17.1. The SMILES string of the molecule is Cc1nnc(-c2c(CCC3CCOCC3)nc3c(c2-c2cc4ccnc(N[C@H]5CCc6ncccc65)c4s2)C(=O)N[C@H]3C(C)C)o1. The number of nitrogens with zero attached hydrogens (tertiary/aromatic N) is 5. The van der Waals surface area contributed by atoms with E-state index >= 15 is 0 Å². The molecule has 0 unspecified atom stereocenters. The second-order valence-electron chi connectivity index (χ2n) is 12.9. The third-order valence-electron chi connectivity index (χ3n) is 9.61. The summed E-state index contributed by atoms with van der Waals surface area (Å²) in [6, 6.07) is 8.31. The summed E-state index contributed by atoms with van der Waals surface area (Å²) in [7, 11) is 0. The molecule has 0 bridgehead atoms. The summed E-state index contributed by atoms with van der Waals surface area (Å²) >= 11 is 1.64. The van der Waals surface area contributed by atoms with Crippen LogP contribution in [-0.4, -0.2) is 44.3 Å². The van der Waals surface area contributed by atoms with Gasteiger partial charge in [0.05, 0.1) is 39.3 Å². The molecule has 11 heteroatoms. The largest absolute Gasteiger partial charge is 0.421 e. The van der Waals surface area contributed by atoms with Gasteiger partial charge in [0.2, 0.25) is 11.8 Å². The molecule has 0 spiro atoms. The number of hydrogen-bond donors (Lipinski definition) is 2. The van der Waals surface area contributed by atoms with Crippen LogP contribution in [-0.2, 0) is 17.6 Å². The zero-order valence-electron chi connectivity index (χ0n) is 26.3. The van der Waals surface area contributed by atoms with E-state index in [9.17, 15) is 4.79 Å². The van der Waals surface area contributed by atoms with Gasteiger partial charge in [0.1, 0.15) is 5.82 Å². The molecule has 0 saturated carbocycles. The fraction of sp³-hybridized carbons (Fsp3) is 0.429. The summed E-state index contributed by atoms with van der Waals surface area (Å²) in [5, 5.41) is 16.7. The number of anilines is 1. The Kier molecular flexibility index (Phi) is 7.53. The lowest BCUT2D eigenvalue weighted by Crippen LogP contribution is -2.23. The molecule has 0 aromatic carbocycles. The maximum absolute atomic E-state index is 13.9. The molecule has 236 valence electrons. The third-order valence-corrected chi connectivity index (χ3v) is 10.8. The van der Waals surface area contributed by atoms with Crippen LogP contribution in [0.3, 0.4) is 0 Å². The van der Waals surface area contributed by atoms with Crippen molar-refractivity contribution in [2.75, 3.05) is 18.5 Å². The van der Waals surface area contributed by atoms with Gasteiger partial charge in [0.15, 0.2) is 0 Å². The smallest absolute Gasteiger partial charge is 0.254 e. The molecule has 5 aromatic heterocycles. The highest BCUT2D eigenvalue weighted by molar-refractivity contribution is 7.23. The fourth-order valence-electron chi connectivity index (χ4n) is 7.22. The van der Waals surface area contributed by atoms with Crippen LogP contribution in [0.5, 0.6) is 0 Å². The molecule has 1 fully saturated rings. The van der Waals surface area contributed by atoms with Crippen LogP contribution in [0.1, 0.15) is 90.5 Å². The Labute approximate surface area is 271 Å². The average Bonchev–Trinajstić information content (AvgIpc) is 3.86. The number of amides is 1. The highest BCUT2D eigenvalue weighted by atomic mass is 32.1. The van der Waals surface area contributed by atoms with Crippen LogP contribution in [0.2, 0.25) is 0 Å². The second-order valence-corrected chi connectivity index (χ2v) is 14.0. The molecule has 2 aliphatic heterocycles. The molecule has 5 aromatic rings. The number of rotatable bonds is 8. The number of aryl methyl sites for hydroxylation is 3. The summed E-state index contributed by atoms with van der Waals surface area (Å²) in [6.07, 6.45) is 9.43. The van der Waals surface area contributed by atoms with Crippen molar-refractivity contribution in [3.8, 4) is 21.9 Å². The summed E-state index contributed by atoms with van der Waals surface area (Å²) in [5.41, 5.74) is 6.25. The molecule has 1 saturated heterocycles. The van der Waals surface area contributed by atoms with E-state index in [1.807, 2.05) is 24.5 Å². The van der Waals surface area contributed by atoms with Crippen molar-refractivity contribution in [1.82, 2.24) is 30.5 Å². The van der Waals surface area contributed by atoms with Gasteiger partial charge in [-0.05, 0) is 79.5 Å². The molecule has 46 heavy (non-hydrogen) atoms. The molecular weight excluding hydrogens is 598 g/mol. The molecule has 2 atom stereocenters. The van der Waals surface area contributed by atoms with E-state index in [1.54, 1.807) is 18.3 Å². The van der Waals surface area contributed by atoms with Crippen molar-refractivity contribution >= 4 is 33.1 Å². The maximum atomic E-state index is 13.9. The summed E-state index contributed by atoms with van der Waals surface area (Å²) in [4.78, 5) is 29.4. The van der Waals surface area contributed by atoms with Crippen molar-refractivity contribution in [3.63, 3.8) is 0 Å². The number of hydrogen-bond acceptors (Lipinski definition) is 10. The minimum absolute atomic E-state index is 0.117. The number of aromatic nitrogens is 5. The molecule has 3 aliphatic rings.